The van der Waals surface area contributed by atoms with Crippen molar-refractivity contribution in [2.45, 2.75) is 26.7 Å². The van der Waals surface area contributed by atoms with E-state index in [0.29, 0.717) is 45.1 Å². The Morgan fingerprint density at radius 3 is 2.34 bits per heavy atom. The number of sulfonamides is 1. The molecule has 2 fully saturated rings. The third-order valence-electron chi connectivity index (χ3n) is 5.84. The Hall–Kier alpha value is -1.94. The maximum Gasteiger partial charge on any atom is 0.233 e. The van der Waals surface area contributed by atoms with Crippen molar-refractivity contribution in [2.24, 2.45) is 28.7 Å². The molecule has 10 heteroatoms. The van der Waals surface area contributed by atoms with Crippen LogP contribution < -0.4 is 15.4 Å². The molecule has 1 saturated carbocycles. The number of nitrogens with one attached hydrogen (secondary N) is 3. The van der Waals surface area contributed by atoms with Crippen molar-refractivity contribution in [3.63, 3.8) is 0 Å². The van der Waals surface area contributed by atoms with E-state index >= 15 is 0 Å². The molecule has 162 valence electrons. The van der Waals surface area contributed by atoms with Crippen molar-refractivity contribution in [3.05, 3.63) is 12.2 Å². The molecule has 3 aliphatic rings. The van der Waals surface area contributed by atoms with Gasteiger partial charge in [-0.1, -0.05) is 12.2 Å². The van der Waals surface area contributed by atoms with E-state index in [1.807, 2.05) is 6.92 Å². The third kappa shape index (κ3) is 4.80. The first kappa shape index (κ1) is 21.8. The molecule has 1 aliphatic heterocycles. The zero-order valence-electron chi connectivity index (χ0n) is 17.1. The molecule has 1 heterocycles. The van der Waals surface area contributed by atoms with Crippen molar-refractivity contribution in [1.82, 2.24) is 20.3 Å². The van der Waals surface area contributed by atoms with Crippen molar-refractivity contribution in [3.8, 4) is 0 Å². The molecule has 1 saturated heterocycles. The highest BCUT2D eigenvalue weighted by Gasteiger charge is 2.58. The van der Waals surface area contributed by atoms with Gasteiger partial charge in [-0.2, -0.15) is 0 Å². The van der Waals surface area contributed by atoms with Crippen molar-refractivity contribution >= 4 is 27.8 Å². The molecule has 4 unspecified atom stereocenters. The first-order valence-corrected chi connectivity index (χ1v) is 12.1. The second-order valence-corrected chi connectivity index (χ2v) is 9.76. The first-order chi connectivity index (χ1) is 13.9. The summed E-state index contributed by atoms with van der Waals surface area (Å²) in [5.41, 5.74) is 0. The molecule has 0 spiro atoms. The van der Waals surface area contributed by atoms with Crippen LogP contribution in [-0.4, -0.2) is 69.6 Å². The van der Waals surface area contributed by atoms with Crippen molar-refractivity contribution < 1.29 is 18.0 Å². The van der Waals surface area contributed by atoms with Gasteiger partial charge < -0.3 is 10.6 Å². The van der Waals surface area contributed by atoms with Crippen LogP contribution in [-0.2, 0) is 19.6 Å². The molecular weight excluding hydrogens is 394 g/mol. The number of carbonyl (C=O) groups excluding carboxylic acids is 2. The van der Waals surface area contributed by atoms with Crippen molar-refractivity contribution in [1.29, 1.82) is 0 Å². The summed E-state index contributed by atoms with van der Waals surface area (Å²) in [5.74, 6) is 0.706. The maximum absolute atomic E-state index is 12.7. The molecule has 2 amide bonds. The van der Waals surface area contributed by atoms with Crippen LogP contribution in [0.3, 0.4) is 0 Å². The number of rotatable bonds is 10. The average molecular weight is 426 g/mol. The quantitative estimate of drug-likeness (QED) is 0.145. The van der Waals surface area contributed by atoms with Gasteiger partial charge in [0.15, 0.2) is 5.96 Å². The van der Waals surface area contributed by atoms with Crippen LogP contribution in [0.1, 0.15) is 26.7 Å². The minimum absolute atomic E-state index is 0.0382. The Morgan fingerprint density at radius 1 is 1.10 bits per heavy atom. The number of fused-ring (bicyclic) bond motifs is 5. The van der Waals surface area contributed by atoms with Gasteiger partial charge >= 0.3 is 0 Å². The molecule has 2 aliphatic carbocycles. The van der Waals surface area contributed by atoms with Gasteiger partial charge in [0.1, 0.15) is 0 Å². The van der Waals surface area contributed by atoms with Crippen molar-refractivity contribution in [2.75, 3.05) is 38.5 Å². The summed E-state index contributed by atoms with van der Waals surface area (Å²) in [4.78, 5) is 31.2. The topological polar surface area (TPSA) is 120 Å². The zero-order chi connectivity index (χ0) is 21.0. The molecule has 0 aromatic carbocycles. The normalized spacial score (nSPS) is 28.3. The molecule has 0 radical (unpaired) electrons. The predicted molar refractivity (Wildman–Crippen MR) is 110 cm³/mol. The number of likely N-dealkylation sites (tertiary alicyclic amines) is 1. The number of hydrogen-bond acceptors (Lipinski definition) is 5. The number of carbonyl (C=O) groups is 2. The number of amides is 2. The minimum atomic E-state index is -3.18. The minimum Gasteiger partial charge on any atom is -0.357 e. The number of imide groups is 1. The van der Waals surface area contributed by atoms with Crippen LogP contribution in [0.5, 0.6) is 0 Å². The Kier molecular flexibility index (Phi) is 6.94. The summed E-state index contributed by atoms with van der Waals surface area (Å²) >= 11 is 0. The van der Waals surface area contributed by atoms with Crippen LogP contribution in [0.15, 0.2) is 17.1 Å². The number of aliphatic imine (C=N–C) groups is 1. The summed E-state index contributed by atoms with van der Waals surface area (Å²) in [6, 6.07) is 0. The Bertz CT molecular complexity index is 764. The summed E-state index contributed by atoms with van der Waals surface area (Å²) in [6.45, 7) is 5.77. The molecule has 0 aromatic rings. The van der Waals surface area contributed by atoms with Crippen LogP contribution in [0, 0.1) is 23.7 Å². The van der Waals surface area contributed by atoms with Gasteiger partial charge in [0.2, 0.25) is 21.8 Å². The largest absolute Gasteiger partial charge is 0.357 e. The number of allylic oxidation sites excluding steroid dienone is 2. The molecule has 3 rings (SSSR count). The molecule has 3 N–H and O–H groups in total. The summed E-state index contributed by atoms with van der Waals surface area (Å²) in [6.07, 6.45) is 5.70. The smallest absolute Gasteiger partial charge is 0.233 e. The second-order valence-electron chi connectivity index (χ2n) is 7.67. The van der Waals surface area contributed by atoms with E-state index in [4.69, 9.17) is 0 Å². The summed E-state index contributed by atoms with van der Waals surface area (Å²) in [5, 5.41) is 6.26. The lowest BCUT2D eigenvalue weighted by atomic mass is 9.85. The monoisotopic (exact) mass is 425 g/mol. The van der Waals surface area contributed by atoms with Crippen LogP contribution >= 0.6 is 0 Å². The molecule has 29 heavy (non-hydrogen) atoms. The molecule has 4 atom stereocenters. The lowest BCUT2D eigenvalue weighted by Gasteiger charge is -2.18. The molecule has 9 nitrogen and oxygen atoms in total. The SMILES string of the molecule is CCNC(=NCCCNS(=O)(=O)CC)NCCN1C(=O)C2C3C=CC(C3)C2C1=O. The summed E-state index contributed by atoms with van der Waals surface area (Å²) < 4.78 is 25.3. The Labute approximate surface area is 172 Å². The summed E-state index contributed by atoms with van der Waals surface area (Å²) in [7, 11) is -3.18. The first-order valence-electron chi connectivity index (χ1n) is 10.4. The lowest BCUT2D eigenvalue weighted by molar-refractivity contribution is -0.140. The van der Waals surface area contributed by atoms with Gasteiger partial charge in [-0.25, -0.2) is 13.1 Å². The Morgan fingerprint density at radius 2 is 1.76 bits per heavy atom. The number of hydrogen-bond donors (Lipinski definition) is 3. The van der Waals surface area contributed by atoms with E-state index in [9.17, 15) is 18.0 Å². The maximum atomic E-state index is 12.7. The second kappa shape index (κ2) is 9.25. The van der Waals surface area contributed by atoms with Gasteiger partial charge in [0, 0.05) is 32.7 Å². The van der Waals surface area contributed by atoms with Gasteiger partial charge in [0.25, 0.3) is 0 Å². The number of nitrogens with zero attached hydrogens (tertiary/aromatic N) is 2. The predicted octanol–water partition coefficient (Wildman–Crippen LogP) is -0.322. The van der Waals surface area contributed by atoms with E-state index in [-0.39, 0.29) is 41.2 Å². The highest BCUT2D eigenvalue weighted by atomic mass is 32.2. The molecule has 0 aromatic heterocycles. The standard InChI is InChI=1S/C19H31N5O4S/c1-3-20-19(21-8-5-9-23-29(27,28)4-2)22-10-11-24-17(25)15-13-6-7-14(12-13)16(15)18(24)26/h6-7,13-16,23H,3-5,8-12H2,1-2H3,(H2,20,21,22). The fourth-order valence-corrected chi connectivity index (χ4v) is 5.07. The van der Waals surface area contributed by atoms with E-state index in [0.717, 1.165) is 6.42 Å². The third-order valence-corrected chi connectivity index (χ3v) is 7.24. The van der Waals surface area contributed by atoms with Crippen LogP contribution in [0.25, 0.3) is 0 Å². The lowest BCUT2D eigenvalue weighted by Crippen LogP contribution is -2.43. The van der Waals surface area contributed by atoms with E-state index in [2.05, 4.69) is 32.5 Å². The van der Waals surface area contributed by atoms with Gasteiger partial charge in [-0.05, 0) is 38.5 Å². The van der Waals surface area contributed by atoms with Gasteiger partial charge in [-0.15, -0.1) is 0 Å². The van der Waals surface area contributed by atoms with Crippen LogP contribution in [0.2, 0.25) is 0 Å². The fourth-order valence-electron chi connectivity index (χ4n) is 4.41. The van der Waals surface area contributed by atoms with E-state index in [1.165, 1.54) is 4.90 Å². The highest BCUT2D eigenvalue weighted by molar-refractivity contribution is 7.89. The Balaban J connectivity index is 1.44. The fraction of sp³-hybridized carbons (Fsp3) is 0.737. The molecule has 2 bridgehead atoms. The van der Waals surface area contributed by atoms with Crippen LogP contribution in [0.4, 0.5) is 0 Å². The molecular formula is C19H31N5O4S. The van der Waals surface area contributed by atoms with E-state index < -0.39 is 10.0 Å². The zero-order valence-corrected chi connectivity index (χ0v) is 17.9. The van der Waals surface area contributed by atoms with E-state index in [1.54, 1.807) is 6.92 Å². The average Bonchev–Trinajstić information content (AvgIpc) is 3.37. The van der Waals surface area contributed by atoms with Gasteiger partial charge in [-0.3, -0.25) is 19.5 Å². The number of guanidine groups is 1. The highest BCUT2D eigenvalue weighted by Crippen LogP contribution is 2.52. The van der Waals surface area contributed by atoms with Gasteiger partial charge in [0.05, 0.1) is 17.6 Å².